The molecule has 1 unspecified atom stereocenters. The maximum Gasteiger partial charge on any atom is 0.391 e. The standard InChI is InChI=1S/C14H18N3O4P/c1-9(2)8-17-11-7-15-6-5-10(11)16-14(17)12-3-4-13(21-12)22(18,19)20/h3-7,9,14,16H,8H2,1-2H3,(H2,18,19,20). The zero-order valence-corrected chi connectivity index (χ0v) is 13.2. The van der Waals surface area contributed by atoms with Crippen molar-refractivity contribution in [2.24, 2.45) is 5.92 Å². The largest absolute Gasteiger partial charge is 0.449 e. The Balaban J connectivity index is 1.96. The molecule has 1 aliphatic rings. The van der Waals surface area contributed by atoms with E-state index >= 15 is 0 Å². The Morgan fingerprint density at radius 2 is 2.18 bits per heavy atom. The summed E-state index contributed by atoms with van der Waals surface area (Å²) in [5.74, 6) is 0.877. The molecule has 0 spiro atoms. The zero-order valence-electron chi connectivity index (χ0n) is 12.3. The number of hydrogen-bond acceptors (Lipinski definition) is 5. The lowest BCUT2D eigenvalue weighted by atomic mass is 10.2. The van der Waals surface area contributed by atoms with Crippen molar-refractivity contribution in [2.45, 2.75) is 20.0 Å². The third kappa shape index (κ3) is 2.75. The molecule has 2 aromatic rings. The average Bonchev–Trinajstić information content (AvgIpc) is 3.03. The second kappa shape index (κ2) is 5.43. The van der Waals surface area contributed by atoms with E-state index in [0.717, 1.165) is 17.9 Å². The zero-order chi connectivity index (χ0) is 15.9. The van der Waals surface area contributed by atoms with Crippen LogP contribution in [0.5, 0.6) is 0 Å². The molecule has 1 atom stereocenters. The van der Waals surface area contributed by atoms with Crippen LogP contribution >= 0.6 is 7.60 Å². The number of pyridine rings is 1. The molecule has 1 aliphatic heterocycles. The number of furan rings is 1. The van der Waals surface area contributed by atoms with Gasteiger partial charge < -0.3 is 24.4 Å². The summed E-state index contributed by atoms with van der Waals surface area (Å²) in [6.45, 7) is 4.98. The number of rotatable bonds is 4. The van der Waals surface area contributed by atoms with E-state index in [4.69, 9.17) is 4.42 Å². The van der Waals surface area contributed by atoms with E-state index in [0.29, 0.717) is 11.7 Å². The summed E-state index contributed by atoms with van der Waals surface area (Å²) in [7, 11) is -4.38. The number of anilines is 2. The minimum atomic E-state index is -4.38. The SMILES string of the molecule is CC(C)CN1c2cnccc2NC1c1ccc(P(=O)(O)O)o1. The Morgan fingerprint density at radius 3 is 2.82 bits per heavy atom. The van der Waals surface area contributed by atoms with Gasteiger partial charge in [-0.2, -0.15) is 0 Å². The summed E-state index contributed by atoms with van der Waals surface area (Å²) >= 11 is 0. The van der Waals surface area contributed by atoms with Crippen molar-refractivity contribution in [3.63, 3.8) is 0 Å². The van der Waals surface area contributed by atoms with Crippen molar-refractivity contribution in [3.8, 4) is 0 Å². The Hall–Kier alpha value is -1.82. The molecule has 0 amide bonds. The molecule has 0 saturated heterocycles. The molecule has 118 valence electrons. The van der Waals surface area contributed by atoms with Crippen LogP contribution in [0.3, 0.4) is 0 Å². The van der Waals surface area contributed by atoms with Gasteiger partial charge in [0.1, 0.15) is 5.76 Å². The Labute approximate surface area is 128 Å². The minimum Gasteiger partial charge on any atom is -0.449 e. The molecule has 0 bridgehead atoms. The van der Waals surface area contributed by atoms with E-state index in [1.807, 2.05) is 6.07 Å². The summed E-state index contributed by atoms with van der Waals surface area (Å²) < 4.78 is 16.7. The molecule has 0 fully saturated rings. The highest BCUT2D eigenvalue weighted by atomic mass is 31.2. The second-order valence-corrected chi connectivity index (χ2v) is 7.23. The molecule has 0 aliphatic carbocycles. The summed E-state index contributed by atoms with van der Waals surface area (Å²) in [5, 5.41) is 3.31. The quantitative estimate of drug-likeness (QED) is 0.741. The van der Waals surface area contributed by atoms with Gasteiger partial charge in [-0.15, -0.1) is 0 Å². The number of hydrogen-bond donors (Lipinski definition) is 3. The lowest BCUT2D eigenvalue weighted by molar-refractivity contribution is 0.372. The van der Waals surface area contributed by atoms with Crippen molar-refractivity contribution in [1.82, 2.24) is 4.98 Å². The fourth-order valence-electron chi connectivity index (χ4n) is 2.57. The molecule has 3 N–H and O–H groups in total. The molecule has 2 aromatic heterocycles. The van der Waals surface area contributed by atoms with Crippen LogP contribution in [0.1, 0.15) is 25.8 Å². The van der Waals surface area contributed by atoms with Crippen molar-refractivity contribution in [3.05, 3.63) is 36.4 Å². The summed E-state index contributed by atoms with van der Waals surface area (Å²) in [5.41, 5.74) is 1.56. The Kier molecular flexibility index (Phi) is 3.72. The molecule has 0 saturated carbocycles. The molecule has 0 aromatic carbocycles. The van der Waals surface area contributed by atoms with Crippen LogP contribution < -0.4 is 15.7 Å². The summed E-state index contributed by atoms with van der Waals surface area (Å²) in [6, 6.07) is 4.79. The number of nitrogens with one attached hydrogen (secondary N) is 1. The molecule has 0 radical (unpaired) electrons. The molecule has 8 heteroatoms. The van der Waals surface area contributed by atoms with Crippen LogP contribution in [0, 0.1) is 5.92 Å². The molecular formula is C14H18N3O4P. The number of nitrogens with zero attached hydrogens (tertiary/aromatic N) is 2. The lowest BCUT2D eigenvalue weighted by Gasteiger charge is -2.26. The highest BCUT2D eigenvalue weighted by Gasteiger charge is 2.34. The maximum atomic E-state index is 11.3. The van der Waals surface area contributed by atoms with E-state index in [-0.39, 0.29) is 11.7 Å². The monoisotopic (exact) mass is 323 g/mol. The van der Waals surface area contributed by atoms with Crippen molar-refractivity contribution < 1.29 is 18.8 Å². The van der Waals surface area contributed by atoms with Crippen LogP contribution in [-0.2, 0) is 4.57 Å². The Morgan fingerprint density at radius 1 is 1.41 bits per heavy atom. The smallest absolute Gasteiger partial charge is 0.391 e. The van der Waals surface area contributed by atoms with Crippen LogP contribution in [0.15, 0.2) is 35.0 Å². The van der Waals surface area contributed by atoms with Gasteiger partial charge in [0.25, 0.3) is 0 Å². The van der Waals surface area contributed by atoms with Gasteiger partial charge >= 0.3 is 7.60 Å². The first-order valence-corrected chi connectivity index (χ1v) is 8.60. The van der Waals surface area contributed by atoms with Gasteiger partial charge in [-0.25, -0.2) is 0 Å². The highest BCUT2D eigenvalue weighted by molar-refractivity contribution is 7.59. The van der Waals surface area contributed by atoms with Gasteiger partial charge in [0.15, 0.2) is 6.17 Å². The van der Waals surface area contributed by atoms with E-state index in [1.54, 1.807) is 18.5 Å². The van der Waals surface area contributed by atoms with Crippen molar-refractivity contribution >= 4 is 24.5 Å². The molecule has 22 heavy (non-hydrogen) atoms. The fraction of sp³-hybridized carbons (Fsp3) is 0.357. The first kappa shape index (κ1) is 15.1. The van der Waals surface area contributed by atoms with Gasteiger partial charge in [0, 0.05) is 12.7 Å². The Bertz CT molecular complexity index is 724. The third-order valence-electron chi connectivity index (χ3n) is 3.44. The van der Waals surface area contributed by atoms with Crippen LogP contribution in [-0.4, -0.2) is 21.3 Å². The third-order valence-corrected chi connectivity index (χ3v) is 4.26. The van der Waals surface area contributed by atoms with E-state index in [2.05, 4.69) is 29.0 Å². The average molecular weight is 323 g/mol. The van der Waals surface area contributed by atoms with Crippen LogP contribution in [0.4, 0.5) is 11.4 Å². The van der Waals surface area contributed by atoms with Gasteiger partial charge in [-0.1, -0.05) is 13.8 Å². The molecule has 3 heterocycles. The predicted molar refractivity (Wildman–Crippen MR) is 83.2 cm³/mol. The molecule has 3 rings (SSSR count). The first-order chi connectivity index (χ1) is 10.4. The normalized spacial score (nSPS) is 17.7. The van der Waals surface area contributed by atoms with Gasteiger partial charge in [0.2, 0.25) is 5.50 Å². The van der Waals surface area contributed by atoms with E-state index < -0.39 is 7.60 Å². The topological polar surface area (TPSA) is 98.8 Å². The molecular weight excluding hydrogens is 305 g/mol. The van der Waals surface area contributed by atoms with Crippen molar-refractivity contribution in [1.29, 1.82) is 0 Å². The van der Waals surface area contributed by atoms with Crippen LogP contribution in [0.2, 0.25) is 0 Å². The minimum absolute atomic E-state index is 0.304. The van der Waals surface area contributed by atoms with Crippen LogP contribution in [0.25, 0.3) is 0 Å². The number of fused-ring (bicyclic) bond motifs is 1. The molecule has 7 nitrogen and oxygen atoms in total. The fourth-order valence-corrected chi connectivity index (χ4v) is 3.06. The first-order valence-electron chi connectivity index (χ1n) is 6.99. The van der Waals surface area contributed by atoms with E-state index in [1.165, 1.54) is 6.07 Å². The van der Waals surface area contributed by atoms with Gasteiger partial charge in [-0.05, 0) is 24.1 Å². The summed E-state index contributed by atoms with van der Waals surface area (Å²) in [4.78, 5) is 24.6. The predicted octanol–water partition coefficient (Wildman–Crippen LogP) is 2.06. The maximum absolute atomic E-state index is 11.3. The number of aromatic nitrogens is 1. The van der Waals surface area contributed by atoms with E-state index in [9.17, 15) is 14.4 Å². The highest BCUT2D eigenvalue weighted by Crippen LogP contribution is 2.42. The van der Waals surface area contributed by atoms with Gasteiger partial charge in [0.05, 0.1) is 17.6 Å². The lowest BCUT2D eigenvalue weighted by Crippen LogP contribution is -2.31. The summed E-state index contributed by atoms with van der Waals surface area (Å²) in [6.07, 6.45) is 3.17. The van der Waals surface area contributed by atoms with Crippen molar-refractivity contribution in [2.75, 3.05) is 16.8 Å². The second-order valence-electron chi connectivity index (χ2n) is 5.71. The van der Waals surface area contributed by atoms with Gasteiger partial charge in [-0.3, -0.25) is 9.55 Å².